The van der Waals surface area contributed by atoms with Crippen molar-refractivity contribution >= 4 is 11.7 Å². The third-order valence-corrected chi connectivity index (χ3v) is 2.37. The Morgan fingerprint density at radius 3 is 3.00 bits per heavy atom. The van der Waals surface area contributed by atoms with E-state index in [1.165, 1.54) is 0 Å². The van der Waals surface area contributed by atoms with Gasteiger partial charge in [0.15, 0.2) is 0 Å². The largest absolute Gasteiger partial charge is 0.335 e. The Morgan fingerprint density at radius 2 is 2.29 bits per heavy atom. The van der Waals surface area contributed by atoms with Gasteiger partial charge < -0.3 is 16.4 Å². The Hall–Kier alpha value is -1.99. The molecule has 4 heteroatoms. The van der Waals surface area contributed by atoms with Crippen LogP contribution < -0.4 is 16.4 Å². The zero-order valence-electron chi connectivity index (χ0n) is 9.49. The molecule has 0 heterocycles. The quantitative estimate of drug-likeness (QED) is 0.669. The fourth-order valence-corrected chi connectivity index (χ4v) is 1.41. The maximum Gasteiger partial charge on any atom is 0.319 e. The predicted molar refractivity (Wildman–Crippen MR) is 67.6 cm³/mol. The first-order valence-electron chi connectivity index (χ1n) is 5.64. The monoisotopic (exact) mass is 229 g/mol. The average Bonchev–Trinajstić information content (AvgIpc) is 3.10. The molecule has 17 heavy (non-hydrogen) atoms. The van der Waals surface area contributed by atoms with Crippen molar-refractivity contribution in [2.45, 2.75) is 18.9 Å². The Kier molecular flexibility index (Phi) is 3.63. The lowest BCUT2D eigenvalue weighted by Gasteiger charge is -2.06. The smallest absolute Gasteiger partial charge is 0.319 e. The highest BCUT2D eigenvalue weighted by atomic mass is 16.2. The van der Waals surface area contributed by atoms with Crippen molar-refractivity contribution < 1.29 is 4.79 Å². The molecule has 0 aliphatic heterocycles. The van der Waals surface area contributed by atoms with Gasteiger partial charge in [0.25, 0.3) is 0 Å². The molecule has 88 valence electrons. The topological polar surface area (TPSA) is 67.1 Å². The van der Waals surface area contributed by atoms with E-state index in [0.29, 0.717) is 12.6 Å². The van der Waals surface area contributed by atoms with Crippen LogP contribution in [-0.4, -0.2) is 18.6 Å². The molecule has 0 bridgehead atoms. The molecule has 0 saturated heterocycles. The van der Waals surface area contributed by atoms with Crippen molar-refractivity contribution in [2.24, 2.45) is 5.73 Å². The van der Waals surface area contributed by atoms with Gasteiger partial charge in [-0.15, -0.1) is 0 Å². The minimum Gasteiger partial charge on any atom is -0.335 e. The van der Waals surface area contributed by atoms with E-state index in [1.807, 2.05) is 24.3 Å². The molecule has 0 spiro atoms. The molecule has 1 aliphatic carbocycles. The van der Waals surface area contributed by atoms with Crippen LogP contribution >= 0.6 is 0 Å². The van der Waals surface area contributed by atoms with Crippen LogP contribution in [0.15, 0.2) is 24.3 Å². The van der Waals surface area contributed by atoms with Gasteiger partial charge in [0.1, 0.15) is 0 Å². The third-order valence-electron chi connectivity index (χ3n) is 2.37. The third kappa shape index (κ3) is 3.82. The van der Waals surface area contributed by atoms with Gasteiger partial charge in [0, 0.05) is 17.3 Å². The highest BCUT2D eigenvalue weighted by Gasteiger charge is 2.23. The van der Waals surface area contributed by atoms with E-state index in [2.05, 4.69) is 22.5 Å². The molecule has 1 aliphatic rings. The average molecular weight is 229 g/mol. The van der Waals surface area contributed by atoms with Crippen molar-refractivity contribution in [1.29, 1.82) is 0 Å². The van der Waals surface area contributed by atoms with E-state index in [1.54, 1.807) is 0 Å². The normalized spacial score (nSPS) is 13.5. The van der Waals surface area contributed by atoms with Crippen LogP contribution in [0.3, 0.4) is 0 Å². The van der Waals surface area contributed by atoms with Crippen molar-refractivity contribution in [2.75, 3.05) is 11.9 Å². The minimum absolute atomic E-state index is 0.156. The fraction of sp³-hybridized carbons (Fsp3) is 0.308. The van der Waals surface area contributed by atoms with E-state index in [0.717, 1.165) is 24.1 Å². The molecular formula is C13H15N3O. The fourth-order valence-electron chi connectivity index (χ4n) is 1.41. The van der Waals surface area contributed by atoms with Gasteiger partial charge in [-0.3, -0.25) is 0 Å². The molecule has 0 radical (unpaired) electrons. The number of amides is 2. The zero-order chi connectivity index (χ0) is 12.1. The summed E-state index contributed by atoms with van der Waals surface area (Å²) in [5.74, 6) is 5.70. The van der Waals surface area contributed by atoms with E-state index in [-0.39, 0.29) is 6.03 Å². The lowest BCUT2D eigenvalue weighted by Crippen LogP contribution is -2.30. The van der Waals surface area contributed by atoms with Crippen LogP contribution in [0.4, 0.5) is 10.5 Å². The van der Waals surface area contributed by atoms with Crippen LogP contribution in [0.2, 0.25) is 0 Å². The molecule has 0 aromatic heterocycles. The van der Waals surface area contributed by atoms with Crippen LogP contribution in [0, 0.1) is 11.8 Å². The van der Waals surface area contributed by atoms with E-state index >= 15 is 0 Å². The molecule has 1 aromatic carbocycles. The molecule has 0 atom stereocenters. The second kappa shape index (κ2) is 5.37. The summed E-state index contributed by atoms with van der Waals surface area (Å²) in [6.45, 7) is 0.333. The van der Waals surface area contributed by atoms with Gasteiger partial charge in [-0.25, -0.2) is 4.79 Å². The van der Waals surface area contributed by atoms with E-state index < -0.39 is 0 Å². The first-order chi connectivity index (χ1) is 8.28. The van der Waals surface area contributed by atoms with Gasteiger partial charge in [-0.05, 0) is 31.0 Å². The first kappa shape index (κ1) is 11.5. The van der Waals surface area contributed by atoms with Gasteiger partial charge in [-0.1, -0.05) is 17.9 Å². The summed E-state index contributed by atoms with van der Waals surface area (Å²) in [5, 5.41) is 5.64. The highest BCUT2D eigenvalue weighted by Crippen LogP contribution is 2.19. The van der Waals surface area contributed by atoms with Crippen molar-refractivity contribution in [3.8, 4) is 11.8 Å². The Labute approximate surface area is 101 Å². The minimum atomic E-state index is -0.156. The van der Waals surface area contributed by atoms with Crippen LogP contribution in [-0.2, 0) is 0 Å². The number of carbonyl (C=O) groups excluding carboxylic acids is 1. The van der Waals surface area contributed by atoms with Crippen LogP contribution in [0.1, 0.15) is 18.4 Å². The summed E-state index contributed by atoms with van der Waals surface area (Å²) in [4.78, 5) is 11.5. The van der Waals surface area contributed by atoms with Crippen molar-refractivity contribution in [1.82, 2.24) is 5.32 Å². The SMILES string of the molecule is NCC#Cc1cccc(NC(=O)NC2CC2)c1. The molecule has 2 rings (SSSR count). The maximum atomic E-state index is 11.5. The lowest BCUT2D eigenvalue weighted by molar-refractivity contribution is 0.251. The molecule has 0 unspecified atom stereocenters. The number of rotatable bonds is 2. The number of benzene rings is 1. The molecule has 2 amide bonds. The van der Waals surface area contributed by atoms with Crippen LogP contribution in [0.5, 0.6) is 0 Å². The molecule has 1 fully saturated rings. The molecular weight excluding hydrogens is 214 g/mol. The van der Waals surface area contributed by atoms with Gasteiger partial charge in [-0.2, -0.15) is 0 Å². The highest BCUT2D eigenvalue weighted by molar-refractivity contribution is 5.89. The summed E-state index contributed by atoms with van der Waals surface area (Å²) in [6, 6.07) is 7.60. The maximum absolute atomic E-state index is 11.5. The predicted octanol–water partition coefficient (Wildman–Crippen LogP) is 1.28. The van der Waals surface area contributed by atoms with E-state index in [4.69, 9.17) is 5.73 Å². The standard InChI is InChI=1S/C13H15N3O/c14-8-2-4-10-3-1-5-12(9-10)16-13(17)15-11-6-7-11/h1,3,5,9,11H,6-8,14H2,(H2,15,16,17). The Bertz CT molecular complexity index is 469. The summed E-state index contributed by atoms with van der Waals surface area (Å²) in [5.41, 5.74) is 6.89. The number of carbonyl (C=O) groups is 1. The summed E-state index contributed by atoms with van der Waals surface area (Å²) in [6.07, 6.45) is 2.16. The summed E-state index contributed by atoms with van der Waals surface area (Å²) >= 11 is 0. The number of anilines is 1. The van der Waals surface area contributed by atoms with Crippen molar-refractivity contribution in [3.05, 3.63) is 29.8 Å². The summed E-state index contributed by atoms with van der Waals surface area (Å²) < 4.78 is 0. The van der Waals surface area contributed by atoms with Gasteiger partial charge in [0.05, 0.1) is 6.54 Å². The number of hydrogen-bond acceptors (Lipinski definition) is 2. The lowest BCUT2D eigenvalue weighted by atomic mass is 10.2. The number of hydrogen-bond donors (Lipinski definition) is 3. The second-order valence-electron chi connectivity index (χ2n) is 3.96. The first-order valence-corrected chi connectivity index (χ1v) is 5.64. The Balaban J connectivity index is 1.97. The Morgan fingerprint density at radius 1 is 1.47 bits per heavy atom. The van der Waals surface area contributed by atoms with Crippen molar-refractivity contribution in [3.63, 3.8) is 0 Å². The molecule has 1 aromatic rings. The molecule has 1 saturated carbocycles. The van der Waals surface area contributed by atoms with Gasteiger partial charge >= 0.3 is 6.03 Å². The second-order valence-corrected chi connectivity index (χ2v) is 3.96. The van der Waals surface area contributed by atoms with Gasteiger partial charge in [0.2, 0.25) is 0 Å². The summed E-state index contributed by atoms with van der Waals surface area (Å²) in [7, 11) is 0. The number of urea groups is 1. The number of nitrogens with two attached hydrogens (primary N) is 1. The van der Waals surface area contributed by atoms with E-state index in [9.17, 15) is 4.79 Å². The molecule has 4 nitrogen and oxygen atoms in total. The molecule has 4 N–H and O–H groups in total. The zero-order valence-corrected chi connectivity index (χ0v) is 9.49. The number of nitrogens with one attached hydrogen (secondary N) is 2. The van der Waals surface area contributed by atoms with Crippen LogP contribution in [0.25, 0.3) is 0 Å².